The van der Waals surface area contributed by atoms with Crippen LogP contribution in [0.5, 0.6) is 23.0 Å². The van der Waals surface area contributed by atoms with Gasteiger partial charge in [0.05, 0.1) is 0 Å². The van der Waals surface area contributed by atoms with Crippen molar-refractivity contribution in [2.75, 3.05) is 0 Å². The van der Waals surface area contributed by atoms with Crippen LogP contribution in [0.4, 0.5) is 0 Å². The molecule has 0 fully saturated rings. The van der Waals surface area contributed by atoms with Crippen molar-refractivity contribution in [3.63, 3.8) is 0 Å². The van der Waals surface area contributed by atoms with Crippen LogP contribution in [-0.4, -0.2) is 24.5 Å². The van der Waals surface area contributed by atoms with E-state index in [1.54, 1.807) is 18.5 Å². The molecular formula is C62H53N5O2PdPt. The number of hydrogen-bond acceptors (Lipinski definition) is 6. The van der Waals surface area contributed by atoms with Crippen molar-refractivity contribution < 1.29 is 51.0 Å². The third kappa shape index (κ3) is 11.3. The molecule has 4 heterocycles. The van der Waals surface area contributed by atoms with Crippen LogP contribution in [0, 0.1) is 63.8 Å². The van der Waals surface area contributed by atoms with Crippen LogP contribution in [0.25, 0.3) is 72.5 Å². The van der Waals surface area contributed by atoms with Gasteiger partial charge in [0.25, 0.3) is 0 Å². The Morgan fingerprint density at radius 3 is 1.31 bits per heavy atom. The van der Waals surface area contributed by atoms with Gasteiger partial charge in [0.15, 0.2) is 0 Å². The molecule has 10 rings (SSSR count). The number of aromatic nitrogens is 5. The number of ether oxygens (including phenoxy) is 2. The van der Waals surface area contributed by atoms with E-state index in [1.165, 1.54) is 11.1 Å². The van der Waals surface area contributed by atoms with Crippen LogP contribution >= 0.6 is 0 Å². The average Bonchev–Trinajstić information content (AvgIpc) is 3.64. The summed E-state index contributed by atoms with van der Waals surface area (Å²) >= 11 is 0. The monoisotopic (exact) mass is 1200 g/mol. The van der Waals surface area contributed by atoms with E-state index in [-0.39, 0.29) is 41.5 Å². The Bertz CT molecular complexity index is 3290. The third-order valence-electron chi connectivity index (χ3n) is 12.3. The number of pyridine rings is 2. The van der Waals surface area contributed by atoms with Crippen molar-refractivity contribution in [2.24, 2.45) is 11.8 Å². The van der Waals surface area contributed by atoms with E-state index in [0.717, 1.165) is 102 Å². The first kappa shape index (κ1) is 50.8. The quantitative estimate of drug-likeness (QED) is 0.0846. The molecule has 0 spiro atoms. The fourth-order valence-corrected chi connectivity index (χ4v) is 9.13. The van der Waals surface area contributed by atoms with Crippen LogP contribution in [0.3, 0.4) is 0 Å². The van der Waals surface area contributed by atoms with Gasteiger partial charge in [0, 0.05) is 58.9 Å². The summed E-state index contributed by atoms with van der Waals surface area (Å²) in [5.74, 6) is 3.87. The summed E-state index contributed by atoms with van der Waals surface area (Å²) < 4.78 is 15.1. The molecule has 0 radical (unpaired) electrons. The zero-order valence-corrected chi connectivity index (χ0v) is 44.9. The maximum atomic E-state index is 6.55. The molecule has 0 saturated carbocycles. The Morgan fingerprint density at radius 2 is 0.915 bits per heavy atom. The fraction of sp³-hybridized carbons (Fsp3) is 0.194. The molecule has 0 aliphatic rings. The number of aryl methyl sites for hydroxylation is 4. The Morgan fingerprint density at radius 1 is 0.493 bits per heavy atom. The van der Waals surface area contributed by atoms with Crippen LogP contribution in [0.2, 0.25) is 0 Å². The first-order valence-corrected chi connectivity index (χ1v) is 23.7. The van der Waals surface area contributed by atoms with Gasteiger partial charge in [-0.15, -0.1) is 58.7 Å². The third-order valence-corrected chi connectivity index (χ3v) is 12.3. The van der Waals surface area contributed by atoms with Crippen LogP contribution in [0.15, 0.2) is 140 Å². The van der Waals surface area contributed by atoms with Crippen molar-refractivity contribution >= 4 is 21.8 Å². The van der Waals surface area contributed by atoms with Crippen LogP contribution in [-0.2, 0) is 54.3 Å². The molecule has 0 aliphatic heterocycles. The predicted molar refractivity (Wildman–Crippen MR) is 278 cm³/mol. The number of nitrogens with zero attached hydrogens (tertiary/aromatic N) is 5. The Kier molecular flexibility index (Phi) is 15.6. The molecule has 0 bridgehead atoms. The molecule has 0 atom stereocenters. The van der Waals surface area contributed by atoms with E-state index in [0.29, 0.717) is 40.8 Å². The van der Waals surface area contributed by atoms with E-state index in [1.807, 2.05) is 53.4 Å². The molecule has 71 heavy (non-hydrogen) atoms. The normalized spacial score (nSPS) is 11.2. The maximum Gasteiger partial charge on any atom is 2.00 e. The average molecular weight is 1200 g/mol. The largest absolute Gasteiger partial charge is 2.00 e. The second-order valence-electron chi connectivity index (χ2n) is 19.0. The summed E-state index contributed by atoms with van der Waals surface area (Å²) in [6.45, 7) is 17.4. The van der Waals surface area contributed by atoms with Gasteiger partial charge in [-0.05, 0) is 89.4 Å². The summed E-state index contributed by atoms with van der Waals surface area (Å²) in [5.41, 5.74) is 16.4. The van der Waals surface area contributed by atoms with Gasteiger partial charge >= 0.3 is 41.5 Å². The zero-order valence-electron chi connectivity index (χ0n) is 41.0. The Hall–Kier alpha value is -6.55. The first-order chi connectivity index (χ1) is 33.4. The molecule has 0 unspecified atom stereocenters. The van der Waals surface area contributed by atoms with E-state index >= 15 is 0 Å². The molecule has 0 saturated heterocycles. The van der Waals surface area contributed by atoms with Crippen LogP contribution < -0.4 is 9.47 Å². The van der Waals surface area contributed by atoms with Gasteiger partial charge in [-0.1, -0.05) is 138 Å². The molecule has 9 heteroatoms. The summed E-state index contributed by atoms with van der Waals surface area (Å²) in [6.07, 6.45) is 9.50. The molecule has 0 amide bonds. The molecular weight excluding hydrogens is 1150 g/mol. The maximum absolute atomic E-state index is 6.55. The predicted octanol–water partition coefficient (Wildman–Crippen LogP) is 15.4. The second-order valence-corrected chi connectivity index (χ2v) is 19.0. The van der Waals surface area contributed by atoms with Crippen molar-refractivity contribution in [3.8, 4) is 73.7 Å². The number of hydrogen-bond donors (Lipinski definition) is 0. The van der Waals surface area contributed by atoms with E-state index in [2.05, 4.69) is 162 Å². The standard InChI is InChI=1S/C62H53N5O2.Pd.Pt/c1-38(2)24-44-10-14-46(15-11-44)56-36-65-58(30-42(56)7)48-26-40(5)28-52(32-48)68-50-18-20-54-55-21-19-51(35-61(55)67(60(54)34-50)62-63-22-9-23-64-62)69-53-29-41(6)27-49(33-53)59-31-43(8)57(37-66-59)47-16-12-45(13-17-47)25-39(3)4;;/h9-23,26-31,36-39H,24-25H2,1-8H3;;/q-4;2*+2. The molecule has 7 nitrogen and oxygen atoms in total. The molecule has 0 N–H and O–H groups in total. The number of rotatable bonds is 13. The smallest absolute Gasteiger partial charge is 0.503 e. The summed E-state index contributed by atoms with van der Waals surface area (Å²) in [6, 6.07) is 53.8. The molecule has 10 aromatic rings. The van der Waals surface area contributed by atoms with Gasteiger partial charge in [0.2, 0.25) is 5.95 Å². The van der Waals surface area contributed by atoms with Gasteiger partial charge in [-0.25, -0.2) is 9.97 Å². The van der Waals surface area contributed by atoms with Gasteiger partial charge < -0.3 is 24.0 Å². The fourth-order valence-electron chi connectivity index (χ4n) is 9.13. The Balaban J connectivity index is 0.00000338. The first-order valence-electron chi connectivity index (χ1n) is 23.7. The van der Waals surface area contributed by atoms with Gasteiger partial charge in [0.1, 0.15) is 0 Å². The molecule has 0 aliphatic carbocycles. The molecule has 6 aromatic carbocycles. The minimum absolute atomic E-state index is 0. The topological polar surface area (TPSA) is 75.0 Å². The van der Waals surface area contributed by atoms with Crippen molar-refractivity contribution in [1.82, 2.24) is 24.5 Å². The summed E-state index contributed by atoms with van der Waals surface area (Å²) in [5, 5.41) is 1.88. The van der Waals surface area contributed by atoms with E-state index in [4.69, 9.17) is 19.4 Å². The Labute approximate surface area is 445 Å². The minimum Gasteiger partial charge on any atom is -0.503 e. The zero-order chi connectivity index (χ0) is 47.8. The number of fused-ring (bicyclic) bond motifs is 3. The summed E-state index contributed by atoms with van der Waals surface area (Å²) in [7, 11) is 0. The molecule has 4 aromatic heterocycles. The van der Waals surface area contributed by atoms with Gasteiger partial charge in [-0.2, -0.15) is 22.9 Å². The van der Waals surface area contributed by atoms with Crippen molar-refractivity contribution in [1.29, 1.82) is 0 Å². The number of benzene rings is 6. The van der Waals surface area contributed by atoms with E-state index < -0.39 is 0 Å². The SMILES string of the molecule is Cc1cc(Oc2[c-]c3c(cc2)c2ccc(Oc4[c-]c(-c5cc(C)c(-c6ccc(CC(C)C)cc6)cn5)cc(C)c4)[c-]c2n3-c2ncccn2)[c-]c(-c2cc(C)c(-c3ccc(CC(C)C)cc3)cn2)c1.[Pd+2].[Pt+2]. The van der Waals surface area contributed by atoms with Crippen LogP contribution in [0.1, 0.15) is 61.1 Å². The second kappa shape index (κ2) is 21.8. The minimum atomic E-state index is 0. The van der Waals surface area contributed by atoms with Crippen molar-refractivity contribution in [3.05, 3.63) is 198 Å². The van der Waals surface area contributed by atoms with Crippen molar-refractivity contribution in [2.45, 2.75) is 68.2 Å². The van der Waals surface area contributed by atoms with E-state index in [9.17, 15) is 0 Å². The molecule has 358 valence electrons. The van der Waals surface area contributed by atoms with Gasteiger partial charge in [-0.3, -0.25) is 0 Å². The summed E-state index contributed by atoms with van der Waals surface area (Å²) in [4.78, 5) is 19.1.